The number of hydrogen-bond acceptors (Lipinski definition) is 6. The van der Waals surface area contributed by atoms with Crippen LogP contribution in [-0.4, -0.2) is 28.7 Å². The first-order chi connectivity index (χ1) is 18.1. The highest BCUT2D eigenvalue weighted by Gasteiger charge is 2.18. The Morgan fingerprint density at radius 3 is 2.55 bits per heavy atom. The fraction of sp³-hybridized carbons (Fsp3) is 0.160. The number of halogens is 3. The van der Waals surface area contributed by atoms with Crippen LogP contribution in [0.2, 0.25) is 10.0 Å². The van der Waals surface area contributed by atoms with E-state index in [4.69, 9.17) is 23.2 Å². The van der Waals surface area contributed by atoms with Crippen molar-refractivity contribution in [1.82, 2.24) is 28.7 Å². The van der Waals surface area contributed by atoms with Gasteiger partial charge in [0, 0.05) is 23.8 Å². The minimum atomic E-state index is -0.886. The number of anilines is 2. The van der Waals surface area contributed by atoms with Crippen molar-refractivity contribution in [3.8, 4) is 0 Å². The predicted molar refractivity (Wildman–Crippen MR) is 143 cm³/mol. The molecule has 0 bridgehead atoms. The van der Waals surface area contributed by atoms with Gasteiger partial charge in [0.05, 0.1) is 34.8 Å². The molecule has 3 aromatic heterocycles. The quantitative estimate of drug-likeness (QED) is 0.330. The van der Waals surface area contributed by atoms with Crippen molar-refractivity contribution in [3.63, 3.8) is 0 Å². The summed E-state index contributed by atoms with van der Waals surface area (Å²) in [7, 11) is 1.84. The molecule has 10 nitrogen and oxygen atoms in total. The van der Waals surface area contributed by atoms with Gasteiger partial charge in [0.2, 0.25) is 5.95 Å². The lowest BCUT2D eigenvalue weighted by molar-refractivity contribution is 0.583. The number of aromatic nitrogens is 6. The number of nitrogens with one attached hydrogen (secondary N) is 2. The van der Waals surface area contributed by atoms with Crippen LogP contribution in [0.1, 0.15) is 17.0 Å². The second-order valence-electron chi connectivity index (χ2n) is 8.64. The van der Waals surface area contributed by atoms with Crippen molar-refractivity contribution >= 4 is 45.9 Å². The molecule has 0 aliphatic rings. The number of benzene rings is 2. The molecule has 38 heavy (non-hydrogen) atoms. The fourth-order valence-corrected chi connectivity index (χ4v) is 4.54. The zero-order valence-electron chi connectivity index (χ0n) is 20.1. The lowest BCUT2D eigenvalue weighted by Gasteiger charge is -2.16. The molecule has 0 aliphatic carbocycles. The largest absolute Gasteiger partial charge is 0.355 e. The number of pyridine rings is 1. The summed E-state index contributed by atoms with van der Waals surface area (Å²) in [5.41, 5.74) is 0.240. The number of imidazole rings is 1. The number of aryl methyl sites for hydroxylation is 2. The predicted octanol–water partition coefficient (Wildman–Crippen LogP) is 3.57. The summed E-state index contributed by atoms with van der Waals surface area (Å²) in [6, 6.07) is 10.3. The molecule has 0 radical (unpaired) electrons. The highest BCUT2D eigenvalue weighted by atomic mass is 35.5. The fourth-order valence-electron chi connectivity index (χ4n) is 4.09. The van der Waals surface area contributed by atoms with Crippen LogP contribution in [0.15, 0.2) is 63.0 Å². The Morgan fingerprint density at radius 2 is 1.82 bits per heavy atom. The van der Waals surface area contributed by atoms with E-state index in [-0.39, 0.29) is 34.6 Å². The summed E-state index contributed by atoms with van der Waals surface area (Å²) in [4.78, 5) is 49.8. The third kappa shape index (κ3) is 4.85. The molecular weight excluding hydrogens is 536 g/mol. The Kier molecular flexibility index (Phi) is 6.64. The van der Waals surface area contributed by atoms with E-state index < -0.39 is 22.8 Å². The van der Waals surface area contributed by atoms with Gasteiger partial charge in [-0.25, -0.2) is 23.5 Å². The molecule has 0 aliphatic heterocycles. The van der Waals surface area contributed by atoms with Gasteiger partial charge in [-0.15, -0.1) is 0 Å². The van der Waals surface area contributed by atoms with Crippen LogP contribution < -0.4 is 22.3 Å². The zero-order chi connectivity index (χ0) is 27.1. The van der Waals surface area contributed by atoms with E-state index in [1.165, 1.54) is 24.4 Å². The summed E-state index contributed by atoms with van der Waals surface area (Å²) < 4.78 is 17.9. The van der Waals surface area contributed by atoms with E-state index in [2.05, 4.69) is 20.3 Å². The van der Waals surface area contributed by atoms with E-state index in [0.29, 0.717) is 16.8 Å². The maximum atomic E-state index is 14.1. The minimum Gasteiger partial charge on any atom is -0.331 e. The average molecular weight is 556 g/mol. The highest BCUT2D eigenvalue weighted by molar-refractivity contribution is 6.34. The van der Waals surface area contributed by atoms with Gasteiger partial charge in [-0.05, 0) is 48.9 Å². The lowest BCUT2D eigenvalue weighted by Crippen LogP contribution is -2.43. The minimum absolute atomic E-state index is 0.126. The molecule has 0 fully saturated rings. The van der Waals surface area contributed by atoms with Crippen molar-refractivity contribution < 1.29 is 4.39 Å². The molecule has 2 N–H and O–H groups in total. The van der Waals surface area contributed by atoms with E-state index in [9.17, 15) is 18.8 Å². The third-order valence-corrected chi connectivity index (χ3v) is 6.61. The molecule has 3 heterocycles. The van der Waals surface area contributed by atoms with Crippen molar-refractivity contribution in [1.29, 1.82) is 0 Å². The van der Waals surface area contributed by atoms with E-state index in [1.54, 1.807) is 18.2 Å². The normalized spacial score (nSPS) is 11.3. The van der Waals surface area contributed by atoms with E-state index >= 15 is 0 Å². The lowest BCUT2D eigenvalue weighted by atomic mass is 10.2. The number of fused-ring (bicyclic) bond motifs is 1. The smallest absolute Gasteiger partial charge is 0.331 e. The van der Waals surface area contributed by atoms with Crippen LogP contribution in [0, 0.1) is 12.7 Å². The van der Waals surface area contributed by atoms with Gasteiger partial charge in [0.1, 0.15) is 11.6 Å². The van der Waals surface area contributed by atoms with Gasteiger partial charge in [-0.2, -0.15) is 4.98 Å². The molecule has 0 amide bonds. The van der Waals surface area contributed by atoms with Gasteiger partial charge < -0.3 is 14.9 Å². The maximum Gasteiger partial charge on any atom is 0.355 e. The van der Waals surface area contributed by atoms with Gasteiger partial charge in [0.15, 0.2) is 0 Å². The topological polar surface area (TPSA) is 120 Å². The van der Waals surface area contributed by atoms with Crippen molar-refractivity contribution in [3.05, 3.63) is 113 Å². The van der Waals surface area contributed by atoms with E-state index in [0.717, 1.165) is 26.5 Å². The Labute approximate surface area is 223 Å². The molecule has 5 aromatic rings. The second-order valence-corrected chi connectivity index (χ2v) is 9.48. The molecule has 194 valence electrons. The van der Waals surface area contributed by atoms with Crippen molar-refractivity contribution in [2.24, 2.45) is 7.05 Å². The zero-order valence-corrected chi connectivity index (χ0v) is 21.6. The van der Waals surface area contributed by atoms with Gasteiger partial charge in [-0.1, -0.05) is 29.3 Å². The first-order valence-corrected chi connectivity index (χ1v) is 12.1. The SMILES string of the molecule is Cc1nc2cc(Cl)c(Nc3nc(=O)n(Cc4ccc[nH]c4=O)c(=O)n3Cc3cc(F)cc(Cl)c3)cc2n1C. The number of nitrogens with zero attached hydrogens (tertiary/aromatic N) is 5. The number of H-pyrrole nitrogens is 1. The summed E-state index contributed by atoms with van der Waals surface area (Å²) in [6.07, 6.45) is 1.44. The van der Waals surface area contributed by atoms with Gasteiger partial charge in [0.25, 0.3) is 5.56 Å². The first kappa shape index (κ1) is 25.4. The molecule has 0 atom stereocenters. The Balaban J connectivity index is 1.66. The van der Waals surface area contributed by atoms with Crippen molar-refractivity contribution in [2.45, 2.75) is 20.0 Å². The molecule has 5 rings (SSSR count). The van der Waals surface area contributed by atoms with Gasteiger partial charge in [-0.3, -0.25) is 9.36 Å². The first-order valence-electron chi connectivity index (χ1n) is 11.3. The highest BCUT2D eigenvalue weighted by Crippen LogP contribution is 2.30. The number of rotatable bonds is 6. The van der Waals surface area contributed by atoms with Crippen LogP contribution in [-0.2, 0) is 20.1 Å². The van der Waals surface area contributed by atoms with Crippen LogP contribution in [0.5, 0.6) is 0 Å². The standard InChI is InChI=1S/C25H20Cl2FN7O3/c1-13-30-20-9-18(27)19(10-21(20)33(13)2)31-23-32-24(37)35(12-15-4-3-5-29-22(15)36)25(38)34(23)11-14-6-16(26)8-17(28)7-14/h3-10H,11-12H2,1-2H3,(H,29,36)(H,31,32,37). The summed E-state index contributed by atoms with van der Waals surface area (Å²) in [5, 5.41) is 3.40. The second kappa shape index (κ2) is 9.92. The number of hydrogen-bond donors (Lipinski definition) is 2. The monoisotopic (exact) mass is 555 g/mol. The van der Waals surface area contributed by atoms with E-state index in [1.807, 2.05) is 18.5 Å². The summed E-state index contributed by atoms with van der Waals surface area (Å²) >= 11 is 12.5. The van der Waals surface area contributed by atoms with Gasteiger partial charge >= 0.3 is 11.4 Å². The molecule has 13 heteroatoms. The molecular formula is C25H20Cl2FN7O3. The van der Waals surface area contributed by atoms with Crippen molar-refractivity contribution in [2.75, 3.05) is 5.32 Å². The van der Waals surface area contributed by atoms with Crippen LogP contribution >= 0.6 is 23.2 Å². The van der Waals surface area contributed by atoms with Crippen LogP contribution in [0.3, 0.4) is 0 Å². The molecule has 0 saturated carbocycles. The molecule has 0 saturated heterocycles. The Morgan fingerprint density at radius 1 is 1.03 bits per heavy atom. The van der Waals surface area contributed by atoms with Crippen LogP contribution in [0.25, 0.3) is 11.0 Å². The van der Waals surface area contributed by atoms with Crippen LogP contribution in [0.4, 0.5) is 16.0 Å². The average Bonchev–Trinajstić information content (AvgIpc) is 3.12. The Bertz CT molecular complexity index is 1870. The molecule has 0 spiro atoms. The third-order valence-electron chi connectivity index (χ3n) is 6.08. The maximum absolute atomic E-state index is 14.1. The molecule has 0 unspecified atom stereocenters. The summed E-state index contributed by atoms with van der Waals surface area (Å²) in [6.45, 7) is 1.36. The Hall–Kier alpha value is -4.22. The summed E-state index contributed by atoms with van der Waals surface area (Å²) in [5.74, 6) is 0.0516. The number of aromatic amines is 1. The molecule has 2 aromatic carbocycles.